The van der Waals surface area contributed by atoms with Crippen LogP contribution in [0, 0.1) is 24.4 Å². The van der Waals surface area contributed by atoms with E-state index in [1.807, 2.05) is 49.4 Å². The molecular weight excluding hydrogens is 517 g/mol. The summed E-state index contributed by atoms with van der Waals surface area (Å²) in [5.41, 5.74) is 8.05. The van der Waals surface area contributed by atoms with E-state index in [9.17, 15) is 9.59 Å². The predicted molar refractivity (Wildman–Crippen MR) is 148 cm³/mol. The molecule has 0 aliphatic heterocycles. The van der Waals surface area contributed by atoms with Crippen LogP contribution in [0.1, 0.15) is 21.5 Å². The first-order valence-electron chi connectivity index (χ1n) is 12.7. The molecule has 5 nitrogen and oxygen atoms in total. The van der Waals surface area contributed by atoms with Crippen molar-refractivity contribution in [3.8, 4) is 22.3 Å². The number of carbonyl (C=O) groups excluding carboxylic acids is 2. The number of benzene rings is 4. The van der Waals surface area contributed by atoms with Crippen molar-refractivity contribution in [2.45, 2.75) is 19.4 Å². The smallest absolute Gasteiger partial charge is 0.328 e. The van der Waals surface area contributed by atoms with E-state index >= 15 is 13.2 Å². The summed E-state index contributed by atoms with van der Waals surface area (Å²) >= 11 is 0. The molecule has 40 heavy (non-hydrogen) atoms. The predicted octanol–water partition coefficient (Wildman–Crippen LogP) is 5.93. The SMILES string of the molecule is COC(=O)[C@H](Cc1ccc(-c2ccccc2)cc1)N(CCN)C(=O)c1c(F)cc(-c2ccc(C)cc2)c(F)c1F. The molecule has 4 aromatic rings. The molecule has 0 aromatic heterocycles. The van der Waals surface area contributed by atoms with E-state index < -0.39 is 40.9 Å². The second kappa shape index (κ2) is 12.6. The number of hydrogen-bond acceptors (Lipinski definition) is 4. The maximum absolute atomic E-state index is 15.3. The Hall–Kier alpha value is -4.43. The number of hydrogen-bond donors (Lipinski definition) is 1. The van der Waals surface area contributed by atoms with Crippen molar-refractivity contribution in [1.82, 2.24) is 4.90 Å². The molecule has 4 aromatic carbocycles. The summed E-state index contributed by atoms with van der Waals surface area (Å²) in [6, 6.07) is 22.9. The number of methoxy groups -OCH3 is 1. The fourth-order valence-electron chi connectivity index (χ4n) is 4.56. The monoisotopic (exact) mass is 546 g/mol. The molecule has 2 N–H and O–H groups in total. The van der Waals surface area contributed by atoms with Crippen molar-refractivity contribution >= 4 is 11.9 Å². The van der Waals surface area contributed by atoms with Crippen LogP contribution in [-0.2, 0) is 16.0 Å². The fourth-order valence-corrected chi connectivity index (χ4v) is 4.56. The van der Waals surface area contributed by atoms with E-state index in [-0.39, 0.29) is 30.6 Å². The topological polar surface area (TPSA) is 72.6 Å². The van der Waals surface area contributed by atoms with Gasteiger partial charge in [-0.3, -0.25) is 4.79 Å². The molecule has 0 spiro atoms. The zero-order valence-electron chi connectivity index (χ0n) is 22.2. The van der Waals surface area contributed by atoms with Crippen LogP contribution in [0.15, 0.2) is 84.9 Å². The van der Waals surface area contributed by atoms with E-state index in [2.05, 4.69) is 0 Å². The lowest BCUT2D eigenvalue weighted by Crippen LogP contribution is -2.49. The van der Waals surface area contributed by atoms with Crippen LogP contribution in [0.3, 0.4) is 0 Å². The molecule has 0 aliphatic rings. The first-order valence-corrected chi connectivity index (χ1v) is 12.7. The van der Waals surface area contributed by atoms with E-state index in [1.165, 1.54) is 12.1 Å². The number of esters is 1. The molecule has 0 unspecified atom stereocenters. The van der Waals surface area contributed by atoms with Crippen LogP contribution in [0.5, 0.6) is 0 Å². The zero-order valence-corrected chi connectivity index (χ0v) is 22.2. The third kappa shape index (κ3) is 6.07. The highest BCUT2D eigenvalue weighted by molar-refractivity contribution is 5.98. The lowest BCUT2D eigenvalue weighted by Gasteiger charge is -2.30. The second-order valence-corrected chi connectivity index (χ2v) is 9.37. The van der Waals surface area contributed by atoms with Gasteiger partial charge in [0.25, 0.3) is 5.91 Å². The minimum Gasteiger partial charge on any atom is -0.467 e. The Bertz CT molecular complexity index is 1490. The highest BCUT2D eigenvalue weighted by Gasteiger charge is 2.35. The van der Waals surface area contributed by atoms with Gasteiger partial charge in [-0.2, -0.15) is 0 Å². The number of rotatable bonds is 9. The number of amides is 1. The van der Waals surface area contributed by atoms with Gasteiger partial charge in [-0.05, 0) is 35.2 Å². The van der Waals surface area contributed by atoms with Gasteiger partial charge in [-0.15, -0.1) is 0 Å². The van der Waals surface area contributed by atoms with Gasteiger partial charge in [0.15, 0.2) is 11.6 Å². The Morgan fingerprint density at radius 2 is 1.45 bits per heavy atom. The number of nitrogens with zero attached hydrogens (tertiary/aromatic N) is 1. The summed E-state index contributed by atoms with van der Waals surface area (Å²) in [6.45, 7) is 1.49. The summed E-state index contributed by atoms with van der Waals surface area (Å²) in [6.07, 6.45) is -0.0132. The van der Waals surface area contributed by atoms with Crippen molar-refractivity contribution < 1.29 is 27.5 Å². The minimum absolute atomic E-state index is 0.0132. The average molecular weight is 547 g/mol. The zero-order chi connectivity index (χ0) is 28.8. The number of nitrogens with two attached hydrogens (primary N) is 1. The number of carbonyl (C=O) groups is 2. The van der Waals surface area contributed by atoms with Crippen molar-refractivity contribution in [2.24, 2.45) is 5.73 Å². The van der Waals surface area contributed by atoms with Crippen LogP contribution in [0.4, 0.5) is 13.2 Å². The number of ether oxygens (including phenoxy) is 1. The van der Waals surface area contributed by atoms with Gasteiger partial charge < -0.3 is 15.4 Å². The summed E-state index contributed by atoms with van der Waals surface area (Å²) in [7, 11) is 1.15. The van der Waals surface area contributed by atoms with Crippen LogP contribution in [-0.4, -0.2) is 43.0 Å². The Kier molecular flexibility index (Phi) is 9.01. The fraction of sp³-hybridized carbons (Fsp3) is 0.188. The quantitative estimate of drug-likeness (QED) is 0.209. The number of aryl methyl sites for hydroxylation is 1. The van der Waals surface area contributed by atoms with Crippen molar-refractivity contribution in [3.05, 3.63) is 119 Å². The molecule has 0 saturated carbocycles. The molecule has 206 valence electrons. The molecular formula is C32H29F3N2O3. The van der Waals surface area contributed by atoms with Crippen molar-refractivity contribution in [1.29, 1.82) is 0 Å². The third-order valence-corrected chi connectivity index (χ3v) is 6.71. The van der Waals surface area contributed by atoms with Gasteiger partial charge in [0, 0.05) is 25.1 Å². The molecule has 1 amide bonds. The molecule has 0 fully saturated rings. The van der Waals surface area contributed by atoms with Gasteiger partial charge in [0.1, 0.15) is 17.4 Å². The average Bonchev–Trinajstić information content (AvgIpc) is 2.97. The van der Waals surface area contributed by atoms with Gasteiger partial charge >= 0.3 is 5.97 Å². The van der Waals surface area contributed by atoms with E-state index in [0.717, 1.165) is 34.8 Å². The second-order valence-electron chi connectivity index (χ2n) is 9.37. The summed E-state index contributed by atoms with van der Waals surface area (Å²) in [5, 5.41) is 0. The highest BCUT2D eigenvalue weighted by Crippen LogP contribution is 2.30. The molecule has 1 atom stereocenters. The maximum atomic E-state index is 15.3. The van der Waals surface area contributed by atoms with Crippen LogP contribution in [0.2, 0.25) is 0 Å². The first kappa shape index (κ1) is 28.6. The van der Waals surface area contributed by atoms with Crippen LogP contribution < -0.4 is 5.73 Å². The van der Waals surface area contributed by atoms with E-state index in [1.54, 1.807) is 24.3 Å². The molecule has 0 aliphatic carbocycles. The van der Waals surface area contributed by atoms with Crippen molar-refractivity contribution in [3.63, 3.8) is 0 Å². The maximum Gasteiger partial charge on any atom is 0.328 e. The summed E-state index contributed by atoms with van der Waals surface area (Å²) < 4.78 is 50.7. The molecule has 0 saturated heterocycles. The molecule has 0 bridgehead atoms. The summed E-state index contributed by atoms with van der Waals surface area (Å²) in [4.78, 5) is 27.3. The lowest BCUT2D eigenvalue weighted by molar-refractivity contribution is -0.146. The lowest BCUT2D eigenvalue weighted by atomic mass is 9.98. The standard InChI is InChI=1S/C32H29F3N2O3/c1-20-8-12-24(13-9-20)25-19-26(33)28(30(35)29(25)34)31(38)37(17-16-36)27(32(39)40-2)18-21-10-14-23(15-11-21)22-6-4-3-5-7-22/h3-15,19,27H,16-18,36H2,1-2H3/t27-/m0/s1. The minimum atomic E-state index is -1.64. The highest BCUT2D eigenvalue weighted by atomic mass is 19.2. The third-order valence-electron chi connectivity index (χ3n) is 6.71. The van der Waals surface area contributed by atoms with E-state index in [4.69, 9.17) is 10.5 Å². The largest absolute Gasteiger partial charge is 0.467 e. The molecule has 0 radical (unpaired) electrons. The first-order chi connectivity index (χ1) is 19.2. The normalized spacial score (nSPS) is 11.7. The van der Waals surface area contributed by atoms with Crippen LogP contribution in [0.25, 0.3) is 22.3 Å². The van der Waals surface area contributed by atoms with Crippen molar-refractivity contribution in [2.75, 3.05) is 20.2 Å². The Morgan fingerprint density at radius 3 is 2.05 bits per heavy atom. The molecule has 0 heterocycles. The Balaban J connectivity index is 1.68. The Labute approximate surface area is 231 Å². The Morgan fingerprint density at radius 1 is 0.850 bits per heavy atom. The molecule has 4 rings (SSSR count). The van der Waals surface area contributed by atoms with Crippen LogP contribution >= 0.6 is 0 Å². The number of halogens is 3. The molecule has 8 heteroatoms. The summed E-state index contributed by atoms with van der Waals surface area (Å²) in [5.74, 6) is -6.26. The van der Waals surface area contributed by atoms with Gasteiger partial charge in [-0.1, -0.05) is 84.4 Å². The van der Waals surface area contributed by atoms with Gasteiger partial charge in [0.2, 0.25) is 0 Å². The van der Waals surface area contributed by atoms with Gasteiger partial charge in [0.05, 0.1) is 7.11 Å². The van der Waals surface area contributed by atoms with E-state index in [0.29, 0.717) is 5.56 Å². The van der Waals surface area contributed by atoms with Gasteiger partial charge in [-0.25, -0.2) is 18.0 Å².